The average Bonchev–Trinajstić information content (AvgIpc) is 2.68. The zero-order valence-corrected chi connectivity index (χ0v) is 19.7. The third kappa shape index (κ3) is 6.29. The number of carbonyl (C=O) groups is 2. The summed E-state index contributed by atoms with van der Waals surface area (Å²) in [7, 11) is -2.07. The molecule has 0 spiro atoms. The Hall–Kier alpha value is -2.15. The van der Waals surface area contributed by atoms with Crippen LogP contribution in [0.5, 0.6) is 0 Å². The number of carbonyl (C=O) groups excluding carboxylic acids is 2. The van der Waals surface area contributed by atoms with E-state index in [2.05, 4.69) is 9.47 Å². The Bertz CT molecular complexity index is 878. The Balaban J connectivity index is 6.16. The lowest BCUT2D eigenvalue weighted by Gasteiger charge is -2.42. The second kappa shape index (κ2) is 10.2. The van der Waals surface area contributed by atoms with Gasteiger partial charge >= 0.3 is 53.6 Å². The molecule has 0 aromatic heterocycles. The molecule has 0 aliphatic heterocycles. The molecule has 0 radical (unpaired) electrons. The molecule has 0 bridgehead atoms. The van der Waals surface area contributed by atoms with E-state index in [1.165, 1.54) is 0 Å². The lowest BCUT2D eigenvalue weighted by molar-refractivity contribution is -0.462. The van der Waals surface area contributed by atoms with E-state index in [1.807, 2.05) is 0 Å². The summed E-state index contributed by atoms with van der Waals surface area (Å²) in [6, 6.07) is 0. The molecule has 0 aliphatic rings. The SMILES string of the molecule is CC(F)C(F)(F)C(F)(F)C(F)(F)C(F)(F)C(F)(F)C(F)(F)C(F)(F)OC(=O)C=CC(=O)OC[Si](C)(C)C. The summed E-state index contributed by atoms with van der Waals surface area (Å²) < 4.78 is 208. The van der Waals surface area contributed by atoms with Crippen LogP contribution in [0.25, 0.3) is 0 Å². The minimum Gasteiger partial charge on any atom is -0.466 e. The van der Waals surface area contributed by atoms with Crippen molar-refractivity contribution in [3.05, 3.63) is 12.2 Å². The van der Waals surface area contributed by atoms with E-state index in [9.17, 15) is 75.4 Å². The van der Waals surface area contributed by atoms with Crippen molar-refractivity contribution >= 4 is 20.0 Å². The molecule has 0 saturated heterocycles. The highest BCUT2D eigenvalue weighted by Crippen LogP contribution is 2.62. The number of hydrogen-bond donors (Lipinski definition) is 0. The van der Waals surface area contributed by atoms with Gasteiger partial charge in [0.2, 0.25) is 0 Å². The monoisotopic (exact) mass is 598 g/mol. The normalized spacial score (nSPS) is 16.1. The maximum atomic E-state index is 13.7. The van der Waals surface area contributed by atoms with Gasteiger partial charge in [0.25, 0.3) is 0 Å². The third-order valence-corrected chi connectivity index (χ3v) is 5.10. The van der Waals surface area contributed by atoms with Gasteiger partial charge in [0, 0.05) is 12.2 Å². The summed E-state index contributed by atoms with van der Waals surface area (Å²) in [6.45, 7) is 4.33. The Morgan fingerprint density at radius 3 is 1.41 bits per heavy atom. The topological polar surface area (TPSA) is 52.6 Å². The first-order valence-electron chi connectivity index (χ1n) is 9.30. The zero-order chi connectivity index (χ0) is 30.3. The van der Waals surface area contributed by atoms with Crippen molar-refractivity contribution < 1.29 is 84.9 Å². The summed E-state index contributed by atoms with van der Waals surface area (Å²) in [5.74, 6) is -52.2. The van der Waals surface area contributed by atoms with Crippen LogP contribution in [-0.2, 0) is 19.1 Å². The maximum absolute atomic E-state index is 13.7. The third-order valence-electron chi connectivity index (χ3n) is 4.09. The van der Waals surface area contributed by atoms with Crippen molar-refractivity contribution in [2.24, 2.45) is 0 Å². The van der Waals surface area contributed by atoms with Crippen molar-refractivity contribution in [1.82, 2.24) is 0 Å². The van der Waals surface area contributed by atoms with E-state index in [0.717, 1.165) is 0 Å². The molecule has 0 aliphatic carbocycles. The second-order valence-electron chi connectivity index (χ2n) is 8.55. The molecule has 0 saturated carbocycles. The second-order valence-corrected chi connectivity index (χ2v) is 14.0. The van der Waals surface area contributed by atoms with Crippen molar-refractivity contribution in [3.63, 3.8) is 0 Å². The number of hydrogen-bond acceptors (Lipinski definition) is 4. The summed E-state index contributed by atoms with van der Waals surface area (Å²) in [6.07, 6.45) is -12.4. The van der Waals surface area contributed by atoms with Crippen molar-refractivity contribution in [1.29, 1.82) is 0 Å². The minimum atomic E-state index is -8.45. The zero-order valence-electron chi connectivity index (χ0n) is 18.7. The van der Waals surface area contributed by atoms with Gasteiger partial charge in [-0.1, -0.05) is 19.6 Å². The van der Waals surface area contributed by atoms with Gasteiger partial charge in [-0.2, -0.15) is 61.5 Å². The molecule has 218 valence electrons. The van der Waals surface area contributed by atoms with Gasteiger partial charge in [0.05, 0.1) is 14.3 Å². The largest absolute Gasteiger partial charge is 0.473 e. The first-order valence-corrected chi connectivity index (χ1v) is 13.0. The highest BCUT2D eigenvalue weighted by atomic mass is 28.3. The Morgan fingerprint density at radius 2 is 1.03 bits per heavy atom. The standard InChI is InChI=1S/C17H17F15O4Si/c1-8(18)11(19,20)12(21,22)13(23,24)14(25,26)15(27,28)16(29,30)17(31,32)36-10(34)6-5-9(33)35-7-37(2,3)4/h5-6,8H,7H2,1-4H3. The van der Waals surface area contributed by atoms with Crippen LogP contribution in [0.4, 0.5) is 65.9 Å². The lowest BCUT2D eigenvalue weighted by Crippen LogP contribution is -2.74. The number of alkyl halides is 15. The van der Waals surface area contributed by atoms with Crippen LogP contribution in [0.3, 0.4) is 0 Å². The van der Waals surface area contributed by atoms with Crippen LogP contribution in [0.2, 0.25) is 19.6 Å². The first-order chi connectivity index (χ1) is 15.9. The molecule has 0 aromatic carbocycles. The fraction of sp³-hybridized carbons (Fsp3) is 0.765. The molecule has 0 aromatic rings. The summed E-state index contributed by atoms with van der Waals surface area (Å²) in [4.78, 5) is 22.5. The fourth-order valence-corrected chi connectivity index (χ4v) is 2.50. The molecule has 1 unspecified atom stereocenters. The highest BCUT2D eigenvalue weighted by molar-refractivity contribution is 6.76. The predicted molar refractivity (Wildman–Crippen MR) is 94.7 cm³/mol. The van der Waals surface area contributed by atoms with E-state index in [0.29, 0.717) is 0 Å². The molecule has 20 heteroatoms. The lowest BCUT2D eigenvalue weighted by atomic mass is 9.90. The van der Waals surface area contributed by atoms with Gasteiger partial charge in [-0.25, -0.2) is 14.0 Å². The average molecular weight is 598 g/mol. The Labute approximate surface area is 198 Å². The molecule has 0 heterocycles. The first kappa shape index (κ1) is 34.8. The van der Waals surface area contributed by atoms with Gasteiger partial charge in [0.1, 0.15) is 0 Å². The van der Waals surface area contributed by atoms with Crippen LogP contribution in [0.1, 0.15) is 6.92 Å². The molecular formula is C17H17F15O4Si. The number of halogens is 15. The number of rotatable bonds is 12. The van der Waals surface area contributed by atoms with E-state index in [-0.39, 0.29) is 12.3 Å². The van der Waals surface area contributed by atoms with E-state index in [4.69, 9.17) is 0 Å². The summed E-state index contributed by atoms with van der Waals surface area (Å²) in [5, 5.41) is 0. The summed E-state index contributed by atoms with van der Waals surface area (Å²) in [5.41, 5.74) is 0. The van der Waals surface area contributed by atoms with Crippen molar-refractivity contribution in [2.45, 2.75) is 74.4 Å². The molecule has 0 amide bonds. The number of ether oxygens (including phenoxy) is 2. The molecule has 4 nitrogen and oxygen atoms in total. The van der Waals surface area contributed by atoms with Crippen LogP contribution in [0, 0.1) is 0 Å². The van der Waals surface area contributed by atoms with Gasteiger partial charge in [-0.3, -0.25) is 0 Å². The van der Waals surface area contributed by atoms with Crippen molar-refractivity contribution in [3.8, 4) is 0 Å². The van der Waals surface area contributed by atoms with E-state index < -0.39 is 80.8 Å². The maximum Gasteiger partial charge on any atom is 0.473 e. The van der Waals surface area contributed by atoms with Gasteiger partial charge in [-0.15, -0.1) is 0 Å². The molecular weight excluding hydrogens is 581 g/mol. The van der Waals surface area contributed by atoms with Gasteiger partial charge < -0.3 is 9.47 Å². The molecule has 0 N–H and O–H groups in total. The van der Waals surface area contributed by atoms with E-state index in [1.54, 1.807) is 19.6 Å². The quantitative estimate of drug-likeness (QED) is 0.115. The van der Waals surface area contributed by atoms with Gasteiger partial charge in [-0.05, 0) is 6.92 Å². The molecule has 0 fully saturated rings. The van der Waals surface area contributed by atoms with Crippen molar-refractivity contribution in [2.75, 3.05) is 6.23 Å². The highest BCUT2D eigenvalue weighted by Gasteiger charge is 2.94. The van der Waals surface area contributed by atoms with Crippen LogP contribution in [-0.4, -0.2) is 74.1 Å². The Morgan fingerprint density at radius 1 is 0.676 bits per heavy atom. The van der Waals surface area contributed by atoms with Gasteiger partial charge in [0.15, 0.2) is 6.17 Å². The smallest absolute Gasteiger partial charge is 0.466 e. The molecule has 0 rings (SSSR count). The Kier molecular flexibility index (Phi) is 9.60. The molecule has 37 heavy (non-hydrogen) atoms. The van der Waals surface area contributed by atoms with Crippen LogP contribution >= 0.6 is 0 Å². The molecule has 1 atom stereocenters. The van der Waals surface area contributed by atoms with Crippen LogP contribution < -0.4 is 0 Å². The minimum absolute atomic E-state index is 0.0711. The van der Waals surface area contributed by atoms with Crippen LogP contribution in [0.15, 0.2) is 12.2 Å². The fourth-order valence-electron chi connectivity index (χ4n) is 1.93. The number of esters is 2. The van der Waals surface area contributed by atoms with E-state index >= 15 is 0 Å². The predicted octanol–water partition coefficient (Wildman–Crippen LogP) is 6.27. The summed E-state index contributed by atoms with van der Waals surface area (Å²) >= 11 is 0.